The minimum Gasteiger partial charge on any atom is -0.360 e. The van der Waals surface area contributed by atoms with Crippen LogP contribution in [0.5, 0.6) is 0 Å². The van der Waals surface area contributed by atoms with Crippen molar-refractivity contribution in [3.05, 3.63) is 51.2 Å². The largest absolute Gasteiger partial charge is 0.360 e. The molecule has 1 aromatic carbocycles. The first-order valence-electron chi connectivity index (χ1n) is 5.77. The summed E-state index contributed by atoms with van der Waals surface area (Å²) < 4.78 is 0. The molecular weight excluding hydrogens is 282 g/mol. The van der Waals surface area contributed by atoms with Crippen molar-refractivity contribution >= 4 is 29.1 Å². The van der Waals surface area contributed by atoms with Crippen molar-refractivity contribution < 1.29 is 4.92 Å². The third kappa shape index (κ3) is 3.33. The van der Waals surface area contributed by atoms with E-state index in [-0.39, 0.29) is 11.5 Å². The molecule has 0 aliphatic heterocycles. The Bertz CT molecular complexity index is 635. The van der Waals surface area contributed by atoms with E-state index >= 15 is 0 Å². The van der Waals surface area contributed by atoms with Crippen molar-refractivity contribution in [2.45, 2.75) is 6.54 Å². The average Bonchev–Trinajstić information content (AvgIpc) is 2.44. The predicted octanol–water partition coefficient (Wildman–Crippen LogP) is 2.69. The van der Waals surface area contributed by atoms with Crippen molar-refractivity contribution in [3.8, 4) is 0 Å². The molecule has 1 aromatic heterocycles. The third-order valence-corrected chi connectivity index (χ3v) is 2.77. The summed E-state index contributed by atoms with van der Waals surface area (Å²) >= 11 is 5.88. The number of nitro groups is 1. The van der Waals surface area contributed by atoms with Gasteiger partial charge < -0.3 is 10.6 Å². The van der Waals surface area contributed by atoms with Gasteiger partial charge in [0.15, 0.2) is 0 Å². The number of nitrogens with one attached hydrogen (secondary N) is 2. The van der Waals surface area contributed by atoms with Crippen molar-refractivity contribution in [1.29, 1.82) is 0 Å². The Hall–Kier alpha value is -2.41. The molecule has 0 bridgehead atoms. The van der Waals surface area contributed by atoms with E-state index in [1.807, 2.05) is 12.1 Å². The molecular formula is C12H12ClN5O2. The first-order valence-corrected chi connectivity index (χ1v) is 6.15. The maximum Gasteiger partial charge on any atom is 0.329 e. The van der Waals surface area contributed by atoms with Gasteiger partial charge in [-0.05, 0) is 17.7 Å². The molecule has 0 aliphatic carbocycles. The Morgan fingerprint density at radius 1 is 1.45 bits per heavy atom. The van der Waals surface area contributed by atoms with Crippen LogP contribution < -0.4 is 10.6 Å². The zero-order valence-electron chi connectivity index (χ0n) is 10.6. The SMILES string of the molecule is CNc1ncc([N+](=O)[O-])c(NCc2cccc(Cl)c2)n1. The molecule has 2 rings (SSSR count). The van der Waals surface area contributed by atoms with Crippen LogP contribution >= 0.6 is 11.6 Å². The average molecular weight is 294 g/mol. The van der Waals surface area contributed by atoms with Gasteiger partial charge >= 0.3 is 5.69 Å². The Morgan fingerprint density at radius 3 is 2.90 bits per heavy atom. The lowest BCUT2D eigenvalue weighted by molar-refractivity contribution is -0.384. The van der Waals surface area contributed by atoms with Gasteiger partial charge in [-0.25, -0.2) is 4.98 Å². The standard InChI is InChI=1S/C12H12ClN5O2/c1-14-12-16-7-10(18(19)20)11(17-12)15-6-8-3-2-4-9(13)5-8/h2-5,7H,6H2,1H3,(H2,14,15,16,17). The fourth-order valence-electron chi connectivity index (χ4n) is 1.59. The molecule has 2 aromatic rings. The number of anilines is 2. The maximum atomic E-state index is 10.9. The summed E-state index contributed by atoms with van der Waals surface area (Å²) in [6.45, 7) is 0.377. The fraction of sp³-hybridized carbons (Fsp3) is 0.167. The van der Waals surface area contributed by atoms with E-state index in [4.69, 9.17) is 11.6 Å². The lowest BCUT2D eigenvalue weighted by Gasteiger charge is -2.07. The zero-order valence-corrected chi connectivity index (χ0v) is 11.4. The van der Waals surface area contributed by atoms with Crippen LogP contribution in [0.3, 0.4) is 0 Å². The number of nitrogens with zero attached hydrogens (tertiary/aromatic N) is 3. The third-order valence-electron chi connectivity index (χ3n) is 2.54. The van der Waals surface area contributed by atoms with Gasteiger partial charge in [0, 0.05) is 18.6 Å². The molecule has 0 atom stereocenters. The Morgan fingerprint density at radius 2 is 2.25 bits per heavy atom. The molecule has 7 nitrogen and oxygen atoms in total. The van der Waals surface area contributed by atoms with E-state index in [2.05, 4.69) is 20.6 Å². The number of rotatable bonds is 5. The van der Waals surface area contributed by atoms with Crippen LogP contribution in [0.1, 0.15) is 5.56 Å². The van der Waals surface area contributed by atoms with Crippen molar-refractivity contribution in [2.24, 2.45) is 0 Å². The minimum absolute atomic E-state index is 0.161. The van der Waals surface area contributed by atoms with Gasteiger partial charge in [0.1, 0.15) is 6.20 Å². The van der Waals surface area contributed by atoms with Gasteiger partial charge in [-0.2, -0.15) is 4.98 Å². The topological polar surface area (TPSA) is 93.0 Å². The molecule has 0 radical (unpaired) electrons. The molecule has 0 spiro atoms. The number of hydrogen-bond acceptors (Lipinski definition) is 6. The molecule has 0 unspecified atom stereocenters. The fourth-order valence-corrected chi connectivity index (χ4v) is 1.81. The number of halogens is 1. The van der Waals surface area contributed by atoms with Crippen LogP contribution in [0.4, 0.5) is 17.5 Å². The van der Waals surface area contributed by atoms with E-state index in [1.54, 1.807) is 19.2 Å². The summed E-state index contributed by atoms with van der Waals surface area (Å²) in [5.41, 5.74) is 0.724. The van der Waals surface area contributed by atoms with Gasteiger partial charge in [-0.1, -0.05) is 23.7 Å². The molecule has 0 fully saturated rings. The highest BCUT2D eigenvalue weighted by Gasteiger charge is 2.16. The van der Waals surface area contributed by atoms with Crippen molar-refractivity contribution in [3.63, 3.8) is 0 Å². The minimum atomic E-state index is -0.528. The molecule has 0 aliphatic rings. The molecule has 2 N–H and O–H groups in total. The second-order valence-corrected chi connectivity index (χ2v) is 4.35. The molecule has 104 valence electrons. The monoisotopic (exact) mass is 293 g/mol. The Kier molecular flexibility index (Phi) is 4.31. The van der Waals surface area contributed by atoms with Gasteiger partial charge in [-0.15, -0.1) is 0 Å². The van der Waals surface area contributed by atoms with E-state index in [0.29, 0.717) is 17.5 Å². The van der Waals surface area contributed by atoms with Crippen molar-refractivity contribution in [2.75, 3.05) is 17.7 Å². The number of hydrogen-bond donors (Lipinski definition) is 2. The predicted molar refractivity (Wildman–Crippen MR) is 77.0 cm³/mol. The van der Waals surface area contributed by atoms with Gasteiger partial charge in [-0.3, -0.25) is 10.1 Å². The summed E-state index contributed by atoms with van der Waals surface area (Å²) in [4.78, 5) is 18.3. The summed E-state index contributed by atoms with van der Waals surface area (Å²) in [5, 5.41) is 17.2. The van der Waals surface area contributed by atoms with Crippen LogP contribution in [0, 0.1) is 10.1 Å². The highest BCUT2D eigenvalue weighted by atomic mass is 35.5. The quantitative estimate of drug-likeness (QED) is 0.650. The normalized spacial score (nSPS) is 10.1. The van der Waals surface area contributed by atoms with Gasteiger partial charge in [0.05, 0.1) is 4.92 Å². The summed E-state index contributed by atoms with van der Waals surface area (Å²) in [5.74, 6) is 0.471. The van der Waals surface area contributed by atoms with Crippen LogP contribution in [0.2, 0.25) is 5.02 Å². The summed E-state index contributed by atoms with van der Waals surface area (Å²) in [6.07, 6.45) is 1.17. The van der Waals surface area contributed by atoms with E-state index in [9.17, 15) is 10.1 Å². The lowest BCUT2D eigenvalue weighted by Crippen LogP contribution is -2.07. The second kappa shape index (κ2) is 6.16. The molecule has 8 heteroatoms. The lowest BCUT2D eigenvalue weighted by atomic mass is 10.2. The van der Waals surface area contributed by atoms with Crippen LogP contribution in [-0.2, 0) is 6.54 Å². The van der Waals surface area contributed by atoms with Crippen molar-refractivity contribution in [1.82, 2.24) is 9.97 Å². The van der Waals surface area contributed by atoms with E-state index in [1.165, 1.54) is 6.20 Å². The molecule has 1 heterocycles. The highest BCUT2D eigenvalue weighted by Crippen LogP contribution is 2.22. The Labute approximate surface area is 120 Å². The molecule has 20 heavy (non-hydrogen) atoms. The van der Waals surface area contributed by atoms with Crippen LogP contribution in [0.15, 0.2) is 30.5 Å². The molecule has 0 saturated heterocycles. The highest BCUT2D eigenvalue weighted by molar-refractivity contribution is 6.30. The Balaban J connectivity index is 2.21. The summed E-state index contributed by atoms with van der Waals surface area (Å²) in [7, 11) is 1.64. The van der Waals surface area contributed by atoms with Crippen LogP contribution in [-0.4, -0.2) is 21.9 Å². The first-order chi connectivity index (χ1) is 9.60. The summed E-state index contributed by atoms with van der Waals surface area (Å²) in [6, 6.07) is 7.22. The number of benzene rings is 1. The van der Waals surface area contributed by atoms with Crippen LogP contribution in [0.25, 0.3) is 0 Å². The molecule has 0 saturated carbocycles. The van der Waals surface area contributed by atoms with Gasteiger partial charge in [0.25, 0.3) is 0 Å². The maximum absolute atomic E-state index is 10.9. The number of aromatic nitrogens is 2. The first kappa shape index (κ1) is 14.0. The molecule has 0 amide bonds. The smallest absolute Gasteiger partial charge is 0.329 e. The zero-order chi connectivity index (χ0) is 14.5. The second-order valence-electron chi connectivity index (χ2n) is 3.92. The van der Waals surface area contributed by atoms with Gasteiger partial charge in [0.2, 0.25) is 11.8 Å². The van der Waals surface area contributed by atoms with E-state index < -0.39 is 4.92 Å². The van der Waals surface area contributed by atoms with E-state index in [0.717, 1.165) is 5.56 Å².